The summed E-state index contributed by atoms with van der Waals surface area (Å²) in [5, 5.41) is 4.12. The molecule has 0 fully saturated rings. The van der Waals surface area contributed by atoms with E-state index in [4.69, 9.17) is 11.6 Å². The molecule has 0 spiro atoms. The molecule has 1 unspecified atom stereocenters. The summed E-state index contributed by atoms with van der Waals surface area (Å²) in [4.78, 5) is 6.38. The molecule has 0 saturated carbocycles. The molecule has 0 N–H and O–H groups in total. The predicted molar refractivity (Wildman–Crippen MR) is 57.3 cm³/mol. The minimum atomic E-state index is 0.360. The number of hydrogen-bond acceptors (Lipinski definition) is 3. The topological polar surface area (TPSA) is 34.0 Å². The number of aromatic nitrogens is 3. The maximum atomic E-state index is 5.78. The zero-order valence-corrected chi connectivity index (χ0v) is 9.70. The summed E-state index contributed by atoms with van der Waals surface area (Å²) < 4.78 is 1.90. The van der Waals surface area contributed by atoms with Crippen LogP contribution in [0.1, 0.15) is 19.7 Å². The molecule has 4 nitrogen and oxygen atoms in total. The first-order chi connectivity index (χ1) is 6.69. The van der Waals surface area contributed by atoms with Crippen molar-refractivity contribution < 1.29 is 0 Å². The van der Waals surface area contributed by atoms with Gasteiger partial charge < -0.3 is 0 Å². The van der Waals surface area contributed by atoms with Crippen molar-refractivity contribution in [3.05, 3.63) is 12.2 Å². The van der Waals surface area contributed by atoms with Crippen LogP contribution in [0.2, 0.25) is 0 Å². The van der Waals surface area contributed by atoms with E-state index in [9.17, 15) is 0 Å². The Hall–Kier alpha value is -0.610. The SMILES string of the molecule is CCn1ncnc1CN(C)C(C)CCl. The van der Waals surface area contributed by atoms with Crippen LogP contribution < -0.4 is 0 Å². The lowest BCUT2D eigenvalue weighted by Crippen LogP contribution is -2.31. The second-order valence-corrected chi connectivity index (χ2v) is 3.72. The molecule has 0 radical (unpaired) electrons. The fraction of sp³-hybridized carbons (Fsp3) is 0.778. The van der Waals surface area contributed by atoms with E-state index in [2.05, 4.69) is 28.8 Å². The zero-order valence-electron chi connectivity index (χ0n) is 8.94. The smallest absolute Gasteiger partial charge is 0.140 e. The summed E-state index contributed by atoms with van der Waals surface area (Å²) in [6.07, 6.45) is 1.60. The normalized spacial score (nSPS) is 13.5. The summed E-state index contributed by atoms with van der Waals surface area (Å²) in [6, 6.07) is 0.360. The lowest BCUT2D eigenvalue weighted by Gasteiger charge is -2.21. The highest BCUT2D eigenvalue weighted by atomic mass is 35.5. The minimum Gasteiger partial charge on any atom is -0.295 e. The summed E-state index contributed by atoms with van der Waals surface area (Å²) >= 11 is 5.78. The first-order valence-electron chi connectivity index (χ1n) is 4.81. The van der Waals surface area contributed by atoms with Gasteiger partial charge in [-0.1, -0.05) is 0 Å². The zero-order chi connectivity index (χ0) is 10.6. The van der Waals surface area contributed by atoms with Gasteiger partial charge in [-0.2, -0.15) is 5.10 Å². The van der Waals surface area contributed by atoms with Gasteiger partial charge in [0, 0.05) is 18.5 Å². The fourth-order valence-electron chi connectivity index (χ4n) is 1.17. The van der Waals surface area contributed by atoms with Gasteiger partial charge >= 0.3 is 0 Å². The highest BCUT2D eigenvalue weighted by Crippen LogP contribution is 2.04. The van der Waals surface area contributed by atoms with E-state index in [0.29, 0.717) is 11.9 Å². The van der Waals surface area contributed by atoms with E-state index >= 15 is 0 Å². The molecule has 0 aromatic carbocycles. The quantitative estimate of drug-likeness (QED) is 0.697. The molecule has 0 aliphatic heterocycles. The van der Waals surface area contributed by atoms with Crippen LogP contribution in [0.3, 0.4) is 0 Å². The molecule has 0 aliphatic carbocycles. The molecule has 1 rings (SSSR count). The standard InChI is InChI=1S/C9H17ClN4/c1-4-14-9(11-7-12-14)6-13(3)8(2)5-10/h7-8H,4-6H2,1-3H3. The van der Waals surface area contributed by atoms with Gasteiger partial charge in [0.15, 0.2) is 0 Å². The van der Waals surface area contributed by atoms with Gasteiger partial charge in [0.1, 0.15) is 12.2 Å². The van der Waals surface area contributed by atoms with Crippen LogP contribution in [0.15, 0.2) is 6.33 Å². The summed E-state index contributed by atoms with van der Waals surface area (Å²) in [7, 11) is 2.04. The van der Waals surface area contributed by atoms with Crippen molar-refractivity contribution in [2.24, 2.45) is 0 Å². The molecule has 0 bridgehead atoms. The maximum absolute atomic E-state index is 5.78. The molecule has 1 heterocycles. The van der Waals surface area contributed by atoms with Crippen molar-refractivity contribution in [1.29, 1.82) is 0 Å². The molecule has 0 aliphatic rings. The second-order valence-electron chi connectivity index (χ2n) is 3.41. The first kappa shape index (κ1) is 11.5. The Balaban J connectivity index is 2.59. The lowest BCUT2D eigenvalue weighted by atomic mass is 10.3. The van der Waals surface area contributed by atoms with Crippen molar-refractivity contribution in [2.75, 3.05) is 12.9 Å². The van der Waals surface area contributed by atoms with Gasteiger partial charge in [-0.25, -0.2) is 9.67 Å². The van der Waals surface area contributed by atoms with Crippen LogP contribution in [0.4, 0.5) is 0 Å². The number of nitrogens with zero attached hydrogens (tertiary/aromatic N) is 4. The van der Waals surface area contributed by atoms with Crippen LogP contribution in [0, 0.1) is 0 Å². The average Bonchev–Trinajstić information content (AvgIpc) is 2.63. The maximum Gasteiger partial charge on any atom is 0.140 e. The number of alkyl halides is 1. The van der Waals surface area contributed by atoms with Gasteiger partial charge in [-0.05, 0) is 20.9 Å². The van der Waals surface area contributed by atoms with E-state index in [1.54, 1.807) is 6.33 Å². The van der Waals surface area contributed by atoms with Crippen molar-refractivity contribution in [1.82, 2.24) is 19.7 Å². The van der Waals surface area contributed by atoms with Crippen molar-refractivity contribution in [2.45, 2.75) is 33.0 Å². The Bertz CT molecular complexity index is 274. The van der Waals surface area contributed by atoms with Gasteiger partial charge in [0.05, 0.1) is 6.54 Å². The highest BCUT2D eigenvalue weighted by Gasteiger charge is 2.11. The molecule has 1 aromatic rings. The van der Waals surface area contributed by atoms with Crippen LogP contribution >= 0.6 is 11.6 Å². The van der Waals surface area contributed by atoms with Crippen LogP contribution in [-0.2, 0) is 13.1 Å². The molecule has 80 valence electrons. The minimum absolute atomic E-state index is 0.360. The van der Waals surface area contributed by atoms with Gasteiger partial charge in [0.25, 0.3) is 0 Å². The Kier molecular flexibility index (Phi) is 4.35. The molecule has 1 aromatic heterocycles. The largest absolute Gasteiger partial charge is 0.295 e. The van der Waals surface area contributed by atoms with E-state index in [1.807, 2.05) is 11.7 Å². The van der Waals surface area contributed by atoms with Crippen LogP contribution in [-0.4, -0.2) is 38.6 Å². The Morgan fingerprint density at radius 2 is 2.36 bits per heavy atom. The summed E-state index contributed by atoms with van der Waals surface area (Å²) in [5.41, 5.74) is 0. The van der Waals surface area contributed by atoms with Crippen LogP contribution in [0.25, 0.3) is 0 Å². The monoisotopic (exact) mass is 216 g/mol. The third-order valence-corrected chi connectivity index (χ3v) is 2.81. The van der Waals surface area contributed by atoms with Gasteiger partial charge in [-0.15, -0.1) is 11.6 Å². The van der Waals surface area contributed by atoms with E-state index < -0.39 is 0 Å². The van der Waals surface area contributed by atoms with Crippen LogP contribution in [0.5, 0.6) is 0 Å². The third-order valence-electron chi connectivity index (χ3n) is 2.36. The Labute approximate surface area is 89.9 Å². The lowest BCUT2D eigenvalue weighted by molar-refractivity contribution is 0.256. The number of rotatable bonds is 5. The molecular weight excluding hydrogens is 200 g/mol. The van der Waals surface area contributed by atoms with E-state index in [-0.39, 0.29) is 0 Å². The van der Waals surface area contributed by atoms with Gasteiger partial charge in [0.2, 0.25) is 0 Å². The number of aryl methyl sites for hydroxylation is 1. The van der Waals surface area contributed by atoms with Crippen molar-refractivity contribution >= 4 is 11.6 Å². The van der Waals surface area contributed by atoms with Crippen molar-refractivity contribution in [3.8, 4) is 0 Å². The first-order valence-corrected chi connectivity index (χ1v) is 5.35. The summed E-state index contributed by atoms with van der Waals surface area (Å²) in [6.45, 7) is 5.81. The molecule has 1 atom stereocenters. The molecule has 0 amide bonds. The highest BCUT2D eigenvalue weighted by molar-refractivity contribution is 6.18. The molecule has 0 saturated heterocycles. The molecule has 5 heteroatoms. The van der Waals surface area contributed by atoms with Crippen molar-refractivity contribution in [3.63, 3.8) is 0 Å². The Morgan fingerprint density at radius 3 is 2.93 bits per heavy atom. The van der Waals surface area contributed by atoms with E-state index in [1.165, 1.54) is 0 Å². The fourth-order valence-corrected chi connectivity index (χ4v) is 1.41. The third kappa shape index (κ3) is 2.69. The molecule has 14 heavy (non-hydrogen) atoms. The average molecular weight is 217 g/mol. The summed E-state index contributed by atoms with van der Waals surface area (Å²) in [5.74, 6) is 1.63. The Morgan fingerprint density at radius 1 is 1.64 bits per heavy atom. The number of halogens is 1. The molecular formula is C9H17ClN4. The van der Waals surface area contributed by atoms with E-state index in [0.717, 1.165) is 18.9 Å². The van der Waals surface area contributed by atoms with Gasteiger partial charge in [-0.3, -0.25) is 4.90 Å². The predicted octanol–water partition coefficient (Wildman–Crippen LogP) is 1.36. The second kappa shape index (κ2) is 5.32. The number of hydrogen-bond donors (Lipinski definition) is 0.